The molecule has 0 aliphatic heterocycles. The highest BCUT2D eigenvalue weighted by Gasteiger charge is 2.06. The summed E-state index contributed by atoms with van der Waals surface area (Å²) in [5.74, 6) is 1.77. The van der Waals surface area contributed by atoms with Crippen molar-refractivity contribution in [3.63, 3.8) is 0 Å². The summed E-state index contributed by atoms with van der Waals surface area (Å²) in [6.45, 7) is 2.04. The van der Waals surface area contributed by atoms with Gasteiger partial charge in [0.2, 0.25) is 0 Å². The Balaban J connectivity index is 1.31. The van der Waals surface area contributed by atoms with Gasteiger partial charge in [0.05, 0.1) is 12.0 Å². The van der Waals surface area contributed by atoms with Crippen LogP contribution in [0.2, 0.25) is 0 Å². The average Bonchev–Trinajstić information content (AvgIpc) is 3.28. The monoisotopic (exact) mass is 416 g/mol. The Morgan fingerprint density at radius 1 is 0.867 bits per heavy atom. The van der Waals surface area contributed by atoms with E-state index in [9.17, 15) is 0 Å². The van der Waals surface area contributed by atoms with Gasteiger partial charge in [-0.25, -0.2) is 4.98 Å². The molecule has 0 atom stereocenters. The number of benzene rings is 3. The quantitative estimate of drug-likeness (QED) is 0.381. The summed E-state index contributed by atoms with van der Waals surface area (Å²) in [5, 5.41) is 4.51. The third-order valence-electron chi connectivity index (χ3n) is 4.72. The zero-order valence-corrected chi connectivity index (χ0v) is 17.7. The van der Waals surface area contributed by atoms with Gasteiger partial charge in [0.1, 0.15) is 23.1 Å². The summed E-state index contributed by atoms with van der Waals surface area (Å²) in [4.78, 5) is 5.71. The molecule has 0 saturated heterocycles. The Morgan fingerprint density at radius 2 is 1.63 bits per heavy atom. The van der Waals surface area contributed by atoms with Crippen LogP contribution in [0.1, 0.15) is 16.1 Å². The number of nitrogens with one attached hydrogen (secondary N) is 1. The number of thiazole rings is 1. The summed E-state index contributed by atoms with van der Waals surface area (Å²) in [7, 11) is 1.70. The average molecular weight is 417 g/mol. The highest BCUT2D eigenvalue weighted by Crippen LogP contribution is 2.28. The van der Waals surface area contributed by atoms with Crippen molar-refractivity contribution >= 4 is 11.3 Å². The summed E-state index contributed by atoms with van der Waals surface area (Å²) in [5.41, 5.74) is 3.45. The summed E-state index contributed by atoms with van der Waals surface area (Å²) in [6.07, 6.45) is 1.94. The fraction of sp³-hybridized carbons (Fsp3) is 0.160. The first-order valence-corrected chi connectivity index (χ1v) is 10.7. The molecule has 0 amide bonds. The van der Waals surface area contributed by atoms with Crippen molar-refractivity contribution in [2.75, 3.05) is 7.11 Å². The molecule has 5 heteroatoms. The van der Waals surface area contributed by atoms with Crippen LogP contribution in [0.3, 0.4) is 0 Å². The Kier molecular flexibility index (Phi) is 6.75. The van der Waals surface area contributed by atoms with Crippen LogP contribution in [0.15, 0.2) is 85.1 Å². The molecule has 0 aliphatic carbocycles. The lowest BCUT2D eigenvalue weighted by Crippen LogP contribution is -2.13. The number of hydrogen-bond donors (Lipinski definition) is 1. The Hall–Kier alpha value is -3.15. The molecule has 0 spiro atoms. The van der Waals surface area contributed by atoms with Crippen LogP contribution in [0.5, 0.6) is 11.5 Å². The van der Waals surface area contributed by atoms with Crippen molar-refractivity contribution in [1.29, 1.82) is 0 Å². The third-order valence-corrected chi connectivity index (χ3v) is 5.77. The first-order valence-electron chi connectivity index (χ1n) is 9.86. The minimum absolute atomic E-state index is 0.572. The minimum Gasteiger partial charge on any atom is -0.496 e. The van der Waals surface area contributed by atoms with Crippen LogP contribution in [0, 0.1) is 0 Å². The van der Waals surface area contributed by atoms with Crippen molar-refractivity contribution in [2.45, 2.75) is 19.7 Å². The second-order valence-corrected chi connectivity index (χ2v) is 7.95. The molecule has 0 saturated carbocycles. The second kappa shape index (κ2) is 10.1. The van der Waals surface area contributed by atoms with E-state index in [1.54, 1.807) is 18.4 Å². The van der Waals surface area contributed by atoms with Gasteiger partial charge in [-0.2, -0.15) is 0 Å². The molecule has 0 bridgehead atoms. The predicted octanol–water partition coefficient (Wildman–Crippen LogP) is 5.69. The molecule has 152 valence electrons. The first kappa shape index (κ1) is 20.1. The van der Waals surface area contributed by atoms with Gasteiger partial charge in [0.25, 0.3) is 0 Å². The first-order chi connectivity index (χ1) is 14.8. The molecule has 1 N–H and O–H groups in total. The van der Waals surface area contributed by atoms with Gasteiger partial charge in [-0.15, -0.1) is 11.3 Å². The molecule has 30 heavy (non-hydrogen) atoms. The van der Waals surface area contributed by atoms with Crippen LogP contribution in [0.25, 0.3) is 10.4 Å². The maximum Gasteiger partial charge on any atom is 0.123 e. The molecule has 4 aromatic rings. The molecule has 3 aromatic carbocycles. The van der Waals surface area contributed by atoms with Gasteiger partial charge in [-0.05, 0) is 41.5 Å². The van der Waals surface area contributed by atoms with E-state index in [4.69, 9.17) is 9.47 Å². The maximum atomic E-state index is 5.87. The van der Waals surface area contributed by atoms with E-state index < -0.39 is 0 Å². The van der Waals surface area contributed by atoms with Crippen LogP contribution in [0.4, 0.5) is 0 Å². The van der Waals surface area contributed by atoms with E-state index in [1.807, 2.05) is 54.7 Å². The van der Waals surface area contributed by atoms with Crippen LogP contribution in [-0.2, 0) is 19.7 Å². The molecule has 1 aromatic heterocycles. The van der Waals surface area contributed by atoms with Gasteiger partial charge in [0, 0.05) is 24.8 Å². The van der Waals surface area contributed by atoms with Gasteiger partial charge in [0.15, 0.2) is 0 Å². The van der Waals surface area contributed by atoms with E-state index in [-0.39, 0.29) is 0 Å². The van der Waals surface area contributed by atoms with E-state index in [0.29, 0.717) is 6.61 Å². The molecule has 0 fully saturated rings. The van der Waals surface area contributed by atoms with Crippen molar-refractivity contribution < 1.29 is 9.47 Å². The highest BCUT2D eigenvalue weighted by atomic mass is 32.1. The molecule has 0 aliphatic rings. The van der Waals surface area contributed by atoms with Crippen molar-refractivity contribution in [2.24, 2.45) is 0 Å². The number of aromatic nitrogens is 1. The van der Waals surface area contributed by atoms with Crippen molar-refractivity contribution in [3.8, 4) is 21.9 Å². The summed E-state index contributed by atoms with van der Waals surface area (Å²) >= 11 is 1.70. The number of rotatable bonds is 9. The van der Waals surface area contributed by atoms with Gasteiger partial charge in [-0.3, -0.25) is 0 Å². The number of nitrogens with zero attached hydrogens (tertiary/aromatic N) is 1. The number of ether oxygens (including phenoxy) is 2. The Bertz CT molecular complexity index is 1060. The zero-order valence-electron chi connectivity index (χ0n) is 16.9. The molecule has 0 unspecified atom stereocenters. The Labute approximate surface area is 181 Å². The fourth-order valence-corrected chi connectivity index (χ4v) is 4.03. The largest absolute Gasteiger partial charge is 0.496 e. The smallest absolute Gasteiger partial charge is 0.123 e. The van der Waals surface area contributed by atoms with E-state index in [2.05, 4.69) is 40.6 Å². The van der Waals surface area contributed by atoms with E-state index >= 15 is 0 Å². The lowest BCUT2D eigenvalue weighted by atomic mass is 10.2. The molecular weight excluding hydrogens is 392 g/mol. The van der Waals surface area contributed by atoms with Crippen LogP contribution >= 0.6 is 11.3 Å². The fourth-order valence-electron chi connectivity index (χ4n) is 3.13. The molecule has 0 radical (unpaired) electrons. The minimum atomic E-state index is 0.572. The zero-order chi connectivity index (χ0) is 20.6. The predicted molar refractivity (Wildman–Crippen MR) is 122 cm³/mol. The normalized spacial score (nSPS) is 10.7. The standard InChI is InChI=1S/C25H24N2O2S/c1-28-23-10-6-5-9-21(23)15-26-17-25-27-16-24(30-25)20-11-13-22(14-12-20)29-18-19-7-3-2-4-8-19/h2-14,16,26H,15,17-18H2,1H3. The Morgan fingerprint density at radius 3 is 2.43 bits per heavy atom. The van der Waals surface area contributed by atoms with E-state index in [0.717, 1.165) is 51.2 Å². The summed E-state index contributed by atoms with van der Waals surface area (Å²) < 4.78 is 11.3. The number of methoxy groups -OCH3 is 1. The lowest BCUT2D eigenvalue weighted by molar-refractivity contribution is 0.306. The SMILES string of the molecule is COc1ccccc1CNCc1ncc(-c2ccc(OCc3ccccc3)cc2)s1. The molecule has 4 rings (SSSR count). The number of para-hydroxylation sites is 1. The van der Waals surface area contributed by atoms with Crippen LogP contribution in [-0.4, -0.2) is 12.1 Å². The maximum absolute atomic E-state index is 5.87. The number of hydrogen-bond acceptors (Lipinski definition) is 5. The van der Waals surface area contributed by atoms with Gasteiger partial charge < -0.3 is 14.8 Å². The second-order valence-electron chi connectivity index (χ2n) is 6.83. The summed E-state index contributed by atoms with van der Waals surface area (Å²) in [6, 6.07) is 26.4. The highest BCUT2D eigenvalue weighted by molar-refractivity contribution is 7.15. The molecule has 1 heterocycles. The van der Waals surface area contributed by atoms with E-state index in [1.165, 1.54) is 0 Å². The van der Waals surface area contributed by atoms with Gasteiger partial charge >= 0.3 is 0 Å². The lowest BCUT2D eigenvalue weighted by Gasteiger charge is -2.08. The molecule has 4 nitrogen and oxygen atoms in total. The van der Waals surface area contributed by atoms with Crippen LogP contribution < -0.4 is 14.8 Å². The van der Waals surface area contributed by atoms with Crippen molar-refractivity contribution in [1.82, 2.24) is 10.3 Å². The molecular formula is C25H24N2O2S. The topological polar surface area (TPSA) is 43.4 Å². The van der Waals surface area contributed by atoms with Gasteiger partial charge in [-0.1, -0.05) is 48.5 Å². The van der Waals surface area contributed by atoms with Crippen molar-refractivity contribution in [3.05, 3.63) is 101 Å². The third kappa shape index (κ3) is 5.26.